The van der Waals surface area contributed by atoms with Gasteiger partial charge in [0, 0.05) is 10.6 Å². The lowest BCUT2D eigenvalue weighted by molar-refractivity contribution is 0.184. The molecule has 0 bridgehead atoms. The molecule has 0 aliphatic carbocycles. The highest BCUT2D eigenvalue weighted by atomic mass is 35.5. The zero-order valence-electron chi connectivity index (χ0n) is 10.7. The minimum atomic E-state index is 0.204. The molecule has 1 N–H and O–H groups in total. The summed E-state index contributed by atoms with van der Waals surface area (Å²) in [5.41, 5.74) is 2.32. The maximum atomic E-state index is 6.32. The molecule has 0 amide bonds. The van der Waals surface area contributed by atoms with E-state index in [1.54, 1.807) is 0 Å². The Bertz CT molecular complexity index is 405. The molecule has 0 spiro atoms. The van der Waals surface area contributed by atoms with Gasteiger partial charge in [-0.25, -0.2) is 0 Å². The summed E-state index contributed by atoms with van der Waals surface area (Å²) in [5.74, 6) is 0.984. The summed E-state index contributed by atoms with van der Waals surface area (Å²) in [6.07, 6.45) is 2.31. The first-order valence-corrected chi connectivity index (χ1v) is 6.75. The molecule has 2 rings (SSSR count). The molecular formula is C14H20ClNO. The van der Waals surface area contributed by atoms with Crippen molar-refractivity contribution in [2.45, 2.75) is 45.8 Å². The Balaban J connectivity index is 2.36. The van der Waals surface area contributed by atoms with E-state index in [0.29, 0.717) is 0 Å². The van der Waals surface area contributed by atoms with E-state index in [1.807, 2.05) is 12.1 Å². The average molecular weight is 254 g/mol. The van der Waals surface area contributed by atoms with Crippen LogP contribution in [-0.4, -0.2) is 12.6 Å². The Morgan fingerprint density at radius 1 is 1.35 bits per heavy atom. The van der Waals surface area contributed by atoms with Crippen molar-refractivity contribution in [2.24, 2.45) is 0 Å². The average Bonchev–Trinajstić information content (AvgIpc) is 2.71. The van der Waals surface area contributed by atoms with Gasteiger partial charge in [0.1, 0.15) is 11.9 Å². The van der Waals surface area contributed by atoms with Crippen LogP contribution in [0.1, 0.15) is 43.9 Å². The van der Waals surface area contributed by atoms with Crippen LogP contribution in [0.15, 0.2) is 12.1 Å². The van der Waals surface area contributed by atoms with Crippen molar-refractivity contribution < 1.29 is 4.74 Å². The van der Waals surface area contributed by atoms with Gasteiger partial charge in [-0.15, -0.1) is 0 Å². The van der Waals surface area contributed by atoms with Gasteiger partial charge in [0.15, 0.2) is 0 Å². The highest BCUT2D eigenvalue weighted by Crippen LogP contribution is 2.44. The van der Waals surface area contributed by atoms with Crippen molar-refractivity contribution in [3.63, 3.8) is 0 Å². The van der Waals surface area contributed by atoms with Crippen LogP contribution in [0.5, 0.6) is 5.75 Å². The minimum Gasteiger partial charge on any atom is -0.488 e. The Kier molecular flexibility index (Phi) is 3.95. The molecule has 0 fully saturated rings. The maximum Gasteiger partial charge on any atom is 0.129 e. The summed E-state index contributed by atoms with van der Waals surface area (Å²) < 4.78 is 6.03. The molecule has 1 aliphatic rings. The summed E-state index contributed by atoms with van der Waals surface area (Å²) in [7, 11) is 0. The fourth-order valence-electron chi connectivity index (χ4n) is 2.39. The molecule has 17 heavy (non-hydrogen) atoms. The molecule has 1 aromatic carbocycles. The number of nitrogens with one attached hydrogen (secondary N) is 1. The van der Waals surface area contributed by atoms with Crippen LogP contribution in [-0.2, 0) is 0 Å². The molecule has 0 aromatic heterocycles. The van der Waals surface area contributed by atoms with Crippen LogP contribution in [0.2, 0.25) is 5.02 Å². The van der Waals surface area contributed by atoms with Crippen LogP contribution >= 0.6 is 11.6 Å². The third-order valence-corrected chi connectivity index (χ3v) is 3.64. The lowest BCUT2D eigenvalue weighted by atomic mass is 10.00. The predicted molar refractivity (Wildman–Crippen MR) is 71.9 cm³/mol. The summed E-state index contributed by atoms with van der Waals surface area (Å²) in [6, 6.07) is 4.23. The van der Waals surface area contributed by atoms with E-state index in [2.05, 4.69) is 26.1 Å². The van der Waals surface area contributed by atoms with Crippen molar-refractivity contribution >= 4 is 11.6 Å². The van der Waals surface area contributed by atoms with Crippen molar-refractivity contribution in [1.82, 2.24) is 5.32 Å². The second-order valence-electron chi connectivity index (χ2n) is 4.60. The fourth-order valence-corrected chi connectivity index (χ4v) is 2.65. The second kappa shape index (κ2) is 5.28. The van der Waals surface area contributed by atoms with Crippen LogP contribution in [0.4, 0.5) is 0 Å². The Hall–Kier alpha value is -0.730. The molecule has 1 heterocycles. The fraction of sp³-hybridized carbons (Fsp3) is 0.571. The molecular weight excluding hydrogens is 234 g/mol. The lowest BCUT2D eigenvalue weighted by Gasteiger charge is -2.19. The van der Waals surface area contributed by atoms with Crippen LogP contribution in [0.25, 0.3) is 0 Å². The number of aryl methyl sites for hydroxylation is 1. The van der Waals surface area contributed by atoms with E-state index in [-0.39, 0.29) is 12.1 Å². The number of halogens is 1. The topological polar surface area (TPSA) is 21.3 Å². The van der Waals surface area contributed by atoms with Gasteiger partial charge < -0.3 is 10.1 Å². The zero-order chi connectivity index (χ0) is 12.4. The van der Waals surface area contributed by atoms with Gasteiger partial charge in [-0.3, -0.25) is 0 Å². The standard InChI is InChI=1S/C14H20ClNO/c1-4-8-16-13-11(5-2)17-14-9(3)6-7-10(15)12(13)14/h6-7,11,13,16H,4-5,8H2,1-3H3. The maximum absolute atomic E-state index is 6.32. The van der Waals surface area contributed by atoms with E-state index < -0.39 is 0 Å². The first kappa shape index (κ1) is 12.7. The molecule has 0 saturated carbocycles. The van der Waals surface area contributed by atoms with Crippen LogP contribution < -0.4 is 10.1 Å². The van der Waals surface area contributed by atoms with E-state index in [0.717, 1.165) is 35.7 Å². The molecule has 1 aromatic rings. The number of benzene rings is 1. The van der Waals surface area contributed by atoms with Crippen LogP contribution in [0, 0.1) is 6.92 Å². The van der Waals surface area contributed by atoms with E-state index in [9.17, 15) is 0 Å². The number of hydrogen-bond donors (Lipinski definition) is 1. The molecule has 2 atom stereocenters. The van der Waals surface area contributed by atoms with Crippen LogP contribution in [0.3, 0.4) is 0 Å². The number of hydrogen-bond acceptors (Lipinski definition) is 2. The molecule has 1 aliphatic heterocycles. The third-order valence-electron chi connectivity index (χ3n) is 3.31. The Labute approximate surface area is 108 Å². The SMILES string of the molecule is CCCNC1c2c(Cl)ccc(C)c2OC1CC. The Morgan fingerprint density at radius 2 is 2.12 bits per heavy atom. The first-order valence-electron chi connectivity index (χ1n) is 6.38. The smallest absolute Gasteiger partial charge is 0.129 e. The summed E-state index contributed by atoms with van der Waals surface area (Å²) >= 11 is 6.32. The highest BCUT2D eigenvalue weighted by Gasteiger charge is 2.35. The van der Waals surface area contributed by atoms with E-state index in [4.69, 9.17) is 16.3 Å². The molecule has 3 heteroatoms. The van der Waals surface area contributed by atoms with E-state index >= 15 is 0 Å². The van der Waals surface area contributed by atoms with Gasteiger partial charge in [-0.05, 0) is 37.9 Å². The number of rotatable bonds is 4. The molecule has 94 valence electrons. The van der Waals surface area contributed by atoms with Crippen molar-refractivity contribution in [2.75, 3.05) is 6.54 Å². The summed E-state index contributed by atoms with van der Waals surface area (Å²) in [6.45, 7) is 7.39. The normalized spacial score (nSPS) is 22.4. The van der Waals surface area contributed by atoms with Gasteiger partial charge in [-0.2, -0.15) is 0 Å². The van der Waals surface area contributed by atoms with E-state index in [1.165, 1.54) is 5.56 Å². The minimum absolute atomic E-state index is 0.204. The van der Waals surface area contributed by atoms with Gasteiger partial charge in [0.25, 0.3) is 0 Å². The molecule has 0 saturated heterocycles. The summed E-state index contributed by atoms with van der Waals surface area (Å²) in [4.78, 5) is 0. The second-order valence-corrected chi connectivity index (χ2v) is 5.01. The lowest BCUT2D eigenvalue weighted by Crippen LogP contribution is -2.31. The van der Waals surface area contributed by atoms with Gasteiger partial charge in [0.05, 0.1) is 6.04 Å². The monoisotopic (exact) mass is 253 g/mol. The first-order chi connectivity index (χ1) is 8.19. The van der Waals surface area contributed by atoms with Crippen molar-refractivity contribution in [3.05, 3.63) is 28.3 Å². The number of ether oxygens (including phenoxy) is 1. The zero-order valence-corrected chi connectivity index (χ0v) is 11.5. The highest BCUT2D eigenvalue weighted by molar-refractivity contribution is 6.31. The largest absolute Gasteiger partial charge is 0.488 e. The summed E-state index contributed by atoms with van der Waals surface area (Å²) in [5, 5.41) is 4.36. The predicted octanol–water partition coefficient (Wildman–Crippen LogP) is 3.86. The van der Waals surface area contributed by atoms with Gasteiger partial charge >= 0.3 is 0 Å². The van der Waals surface area contributed by atoms with Crippen molar-refractivity contribution in [1.29, 1.82) is 0 Å². The third kappa shape index (κ3) is 2.29. The Morgan fingerprint density at radius 3 is 2.76 bits per heavy atom. The molecule has 2 unspecified atom stereocenters. The molecule has 2 nitrogen and oxygen atoms in total. The quantitative estimate of drug-likeness (QED) is 0.880. The molecule has 0 radical (unpaired) electrons. The number of fused-ring (bicyclic) bond motifs is 1. The van der Waals surface area contributed by atoms with Gasteiger partial charge in [0.2, 0.25) is 0 Å². The van der Waals surface area contributed by atoms with Gasteiger partial charge in [-0.1, -0.05) is 31.5 Å². The van der Waals surface area contributed by atoms with Crippen molar-refractivity contribution in [3.8, 4) is 5.75 Å².